The number of nitrogens with zero attached hydrogens (tertiary/aromatic N) is 2. The van der Waals surface area contributed by atoms with Crippen LogP contribution in [0.25, 0.3) is 10.4 Å². The highest BCUT2D eigenvalue weighted by atomic mass is 32.2. The Labute approximate surface area is 177 Å². The summed E-state index contributed by atoms with van der Waals surface area (Å²) in [5.41, 5.74) is 0.859. The molecule has 5 nitrogen and oxygen atoms in total. The van der Waals surface area contributed by atoms with Crippen LogP contribution in [0.2, 0.25) is 0 Å². The van der Waals surface area contributed by atoms with Crippen molar-refractivity contribution >= 4 is 38.6 Å². The van der Waals surface area contributed by atoms with Gasteiger partial charge < -0.3 is 4.90 Å². The van der Waals surface area contributed by atoms with E-state index in [-0.39, 0.29) is 24.8 Å². The Morgan fingerprint density at radius 2 is 1.62 bits per heavy atom. The van der Waals surface area contributed by atoms with Crippen molar-refractivity contribution in [2.24, 2.45) is 0 Å². The number of hydrogen-bond acceptors (Lipinski definition) is 5. The van der Waals surface area contributed by atoms with Crippen LogP contribution in [0.4, 0.5) is 4.39 Å². The second-order valence-electron chi connectivity index (χ2n) is 6.73. The van der Waals surface area contributed by atoms with Crippen molar-refractivity contribution in [2.45, 2.75) is 11.1 Å². The van der Waals surface area contributed by atoms with Crippen molar-refractivity contribution in [3.05, 3.63) is 64.1 Å². The molecule has 1 amide bonds. The smallest absolute Gasteiger partial charge is 0.264 e. The fourth-order valence-electron chi connectivity index (χ4n) is 3.19. The van der Waals surface area contributed by atoms with Gasteiger partial charge in [0.1, 0.15) is 10.0 Å². The molecule has 3 heterocycles. The number of sulfonamides is 1. The number of aryl methyl sites for hydroxylation is 1. The first kappa shape index (κ1) is 20.2. The van der Waals surface area contributed by atoms with Gasteiger partial charge in [0, 0.05) is 35.9 Å². The molecule has 1 saturated heterocycles. The average Bonchev–Trinajstić information content (AvgIpc) is 3.38. The summed E-state index contributed by atoms with van der Waals surface area (Å²) >= 11 is 2.62. The average molecular weight is 451 g/mol. The number of carbonyl (C=O) groups excluding carboxylic acids is 1. The lowest BCUT2D eigenvalue weighted by molar-refractivity contribution is 0.0703. The zero-order chi connectivity index (χ0) is 20.6. The molecule has 0 atom stereocenters. The van der Waals surface area contributed by atoms with Gasteiger partial charge in [-0.25, -0.2) is 12.8 Å². The van der Waals surface area contributed by atoms with Crippen LogP contribution >= 0.6 is 22.7 Å². The van der Waals surface area contributed by atoms with E-state index in [0.29, 0.717) is 22.2 Å². The number of benzene rings is 1. The normalized spacial score (nSPS) is 15.6. The van der Waals surface area contributed by atoms with Crippen molar-refractivity contribution in [1.29, 1.82) is 0 Å². The molecule has 1 fully saturated rings. The topological polar surface area (TPSA) is 57.7 Å². The molecule has 9 heteroatoms. The molecule has 0 unspecified atom stereocenters. The van der Waals surface area contributed by atoms with Crippen molar-refractivity contribution in [2.75, 3.05) is 26.2 Å². The highest BCUT2D eigenvalue weighted by Crippen LogP contribution is 2.30. The van der Waals surface area contributed by atoms with Gasteiger partial charge in [0.05, 0.1) is 4.88 Å². The molecule has 1 aliphatic rings. The van der Waals surface area contributed by atoms with E-state index >= 15 is 0 Å². The van der Waals surface area contributed by atoms with Gasteiger partial charge >= 0.3 is 0 Å². The first-order chi connectivity index (χ1) is 13.8. The van der Waals surface area contributed by atoms with Crippen LogP contribution in [0.1, 0.15) is 14.5 Å². The van der Waals surface area contributed by atoms with E-state index in [0.717, 1.165) is 15.3 Å². The third-order valence-electron chi connectivity index (χ3n) is 4.78. The van der Waals surface area contributed by atoms with Crippen LogP contribution in [-0.4, -0.2) is 49.7 Å². The SMILES string of the molecule is Cc1ccc(S(=O)(=O)N2CCN(C(=O)c3ccc(-c4ccc(F)cc4)s3)CC2)s1. The molecule has 3 aromatic rings. The maximum Gasteiger partial charge on any atom is 0.264 e. The number of piperazine rings is 1. The van der Waals surface area contributed by atoms with Crippen LogP contribution < -0.4 is 0 Å². The van der Waals surface area contributed by atoms with E-state index < -0.39 is 10.0 Å². The molecule has 0 radical (unpaired) electrons. The van der Waals surface area contributed by atoms with Crippen LogP contribution in [-0.2, 0) is 10.0 Å². The highest BCUT2D eigenvalue weighted by molar-refractivity contribution is 7.91. The quantitative estimate of drug-likeness (QED) is 0.602. The largest absolute Gasteiger partial charge is 0.335 e. The molecule has 1 aliphatic heterocycles. The number of rotatable bonds is 4. The van der Waals surface area contributed by atoms with Crippen molar-refractivity contribution in [1.82, 2.24) is 9.21 Å². The number of hydrogen-bond donors (Lipinski definition) is 0. The van der Waals surface area contributed by atoms with Gasteiger partial charge in [0.15, 0.2) is 0 Å². The van der Waals surface area contributed by atoms with Gasteiger partial charge in [-0.1, -0.05) is 12.1 Å². The third-order valence-corrected chi connectivity index (χ3v) is 9.27. The number of carbonyl (C=O) groups is 1. The van der Waals surface area contributed by atoms with E-state index in [1.54, 1.807) is 35.2 Å². The Kier molecular flexibility index (Phi) is 5.56. The third kappa shape index (κ3) is 4.13. The molecule has 152 valence electrons. The van der Waals surface area contributed by atoms with Crippen LogP contribution in [0, 0.1) is 12.7 Å². The fraction of sp³-hybridized carbons (Fsp3) is 0.250. The Morgan fingerprint density at radius 1 is 0.931 bits per heavy atom. The molecule has 0 N–H and O–H groups in total. The molecule has 29 heavy (non-hydrogen) atoms. The van der Waals surface area contributed by atoms with Crippen molar-refractivity contribution < 1.29 is 17.6 Å². The predicted octanol–water partition coefficient (Wildman–Crippen LogP) is 4.07. The van der Waals surface area contributed by atoms with Gasteiger partial charge in [0.2, 0.25) is 0 Å². The summed E-state index contributed by atoms with van der Waals surface area (Å²) < 4.78 is 40.4. The van der Waals surface area contributed by atoms with Gasteiger partial charge in [-0.3, -0.25) is 4.79 Å². The molecule has 4 rings (SSSR count). The Hall–Kier alpha value is -2.07. The maximum absolute atomic E-state index is 13.1. The zero-order valence-electron chi connectivity index (χ0n) is 15.7. The first-order valence-corrected chi connectivity index (χ1v) is 12.1. The summed E-state index contributed by atoms with van der Waals surface area (Å²) in [6.45, 7) is 3.14. The van der Waals surface area contributed by atoms with Crippen molar-refractivity contribution in [3.63, 3.8) is 0 Å². The van der Waals surface area contributed by atoms with E-state index in [2.05, 4.69) is 0 Å². The van der Waals surface area contributed by atoms with Gasteiger partial charge in [0.25, 0.3) is 15.9 Å². The van der Waals surface area contributed by atoms with E-state index in [1.807, 2.05) is 13.0 Å². The summed E-state index contributed by atoms with van der Waals surface area (Å²) in [7, 11) is -3.50. The summed E-state index contributed by atoms with van der Waals surface area (Å²) in [4.78, 5) is 17.0. The van der Waals surface area contributed by atoms with E-state index in [1.165, 1.54) is 39.1 Å². The van der Waals surface area contributed by atoms with E-state index in [9.17, 15) is 17.6 Å². The lowest BCUT2D eigenvalue weighted by atomic mass is 10.2. The highest BCUT2D eigenvalue weighted by Gasteiger charge is 2.31. The molecular weight excluding hydrogens is 431 g/mol. The molecule has 0 spiro atoms. The fourth-order valence-corrected chi connectivity index (χ4v) is 7.03. The molecule has 0 bridgehead atoms. The van der Waals surface area contributed by atoms with E-state index in [4.69, 9.17) is 0 Å². The summed E-state index contributed by atoms with van der Waals surface area (Å²) in [5.74, 6) is -0.403. The van der Waals surface area contributed by atoms with Crippen LogP contribution in [0.15, 0.2) is 52.7 Å². The number of amides is 1. The Balaban J connectivity index is 1.42. The van der Waals surface area contributed by atoms with Crippen LogP contribution in [0.3, 0.4) is 0 Å². The molecule has 2 aromatic heterocycles. The lowest BCUT2D eigenvalue weighted by Gasteiger charge is -2.33. The van der Waals surface area contributed by atoms with Gasteiger partial charge in [-0.05, 0) is 48.9 Å². The van der Waals surface area contributed by atoms with Crippen molar-refractivity contribution in [3.8, 4) is 10.4 Å². The molecular formula is C20H19FN2O3S3. The minimum atomic E-state index is -3.50. The summed E-state index contributed by atoms with van der Waals surface area (Å²) in [6, 6.07) is 13.2. The standard InChI is InChI=1S/C20H19FN2O3S3/c1-14-2-9-19(27-14)29(25,26)23-12-10-22(11-13-23)20(24)18-8-7-17(28-18)15-3-5-16(21)6-4-15/h2-9H,10-13H2,1H3. The Morgan fingerprint density at radius 3 is 2.24 bits per heavy atom. The minimum Gasteiger partial charge on any atom is -0.335 e. The summed E-state index contributed by atoms with van der Waals surface area (Å²) in [6.07, 6.45) is 0. The molecule has 0 aliphatic carbocycles. The molecule has 1 aromatic carbocycles. The van der Waals surface area contributed by atoms with Crippen LogP contribution in [0.5, 0.6) is 0 Å². The maximum atomic E-state index is 13.1. The van der Waals surface area contributed by atoms with Gasteiger partial charge in [-0.2, -0.15) is 4.31 Å². The second kappa shape index (κ2) is 7.98. The molecule has 0 saturated carbocycles. The first-order valence-electron chi connectivity index (χ1n) is 9.06. The monoisotopic (exact) mass is 450 g/mol. The minimum absolute atomic E-state index is 0.104. The second-order valence-corrected chi connectivity index (χ2v) is 11.3. The zero-order valence-corrected chi connectivity index (χ0v) is 18.1. The number of thiophene rings is 2. The predicted molar refractivity (Wildman–Crippen MR) is 113 cm³/mol. The van der Waals surface area contributed by atoms with Gasteiger partial charge in [-0.15, -0.1) is 22.7 Å². The Bertz CT molecular complexity index is 1130. The summed E-state index contributed by atoms with van der Waals surface area (Å²) in [5, 5.41) is 0. The lowest BCUT2D eigenvalue weighted by Crippen LogP contribution is -2.50. The number of halogens is 1.